The molecular formula is C15H18Cl2N2O. The zero-order valence-electron chi connectivity index (χ0n) is 11.4. The van der Waals surface area contributed by atoms with E-state index in [4.69, 9.17) is 23.2 Å². The Hall–Kier alpha value is -0.770. The van der Waals surface area contributed by atoms with Gasteiger partial charge in [0.1, 0.15) is 0 Å². The molecule has 1 aliphatic carbocycles. The smallest absolute Gasteiger partial charge is 0.0995 e. The van der Waals surface area contributed by atoms with Crippen LogP contribution in [0.2, 0.25) is 10.0 Å². The quantitative estimate of drug-likeness (QED) is 0.882. The van der Waals surface area contributed by atoms with Crippen molar-refractivity contribution >= 4 is 28.7 Å². The Kier molecular flexibility index (Phi) is 3.93. The Balaban J connectivity index is 2.12. The molecule has 1 N–H and O–H groups in total. The average Bonchev–Trinajstić information content (AvgIpc) is 2.95. The van der Waals surface area contributed by atoms with Gasteiger partial charge in [-0.1, -0.05) is 42.5 Å². The molecule has 0 bridgehead atoms. The van der Waals surface area contributed by atoms with Crippen LogP contribution in [0.1, 0.15) is 49.5 Å². The first-order valence-corrected chi connectivity index (χ1v) is 7.84. The van der Waals surface area contributed by atoms with Crippen molar-refractivity contribution in [2.75, 3.05) is 0 Å². The maximum absolute atomic E-state index is 10.8. The molecule has 1 fully saturated rings. The molecule has 3 nitrogen and oxygen atoms in total. The van der Waals surface area contributed by atoms with Gasteiger partial charge in [-0.3, -0.25) is 4.40 Å². The molecule has 1 atom stereocenters. The third-order valence-corrected chi connectivity index (χ3v) is 5.36. The van der Waals surface area contributed by atoms with Crippen LogP contribution >= 0.6 is 23.2 Å². The maximum atomic E-state index is 10.8. The van der Waals surface area contributed by atoms with Crippen LogP contribution in [0.15, 0.2) is 12.5 Å². The third-order valence-electron chi connectivity index (χ3n) is 4.41. The number of hydrogen-bond acceptors (Lipinski definition) is 2. The molecule has 2 aromatic rings. The van der Waals surface area contributed by atoms with Gasteiger partial charge in [-0.2, -0.15) is 0 Å². The van der Waals surface area contributed by atoms with Gasteiger partial charge in [-0.15, -0.1) is 0 Å². The predicted octanol–water partition coefficient (Wildman–Crippen LogP) is 4.56. The van der Waals surface area contributed by atoms with Crippen molar-refractivity contribution in [1.82, 2.24) is 9.38 Å². The molecule has 0 amide bonds. The summed E-state index contributed by atoms with van der Waals surface area (Å²) in [4.78, 5) is 4.14. The SMILES string of the molecule is Cc1c(Cl)c(Cl)c2cncn2c1C(O)C1CCCCC1. The predicted molar refractivity (Wildman–Crippen MR) is 81.5 cm³/mol. The Morgan fingerprint density at radius 2 is 1.95 bits per heavy atom. The summed E-state index contributed by atoms with van der Waals surface area (Å²) >= 11 is 12.6. The molecule has 0 spiro atoms. The van der Waals surface area contributed by atoms with Crippen LogP contribution in [0, 0.1) is 12.8 Å². The van der Waals surface area contributed by atoms with Crippen molar-refractivity contribution in [3.8, 4) is 0 Å². The lowest BCUT2D eigenvalue weighted by Gasteiger charge is -2.28. The highest BCUT2D eigenvalue weighted by Crippen LogP contribution is 2.40. The van der Waals surface area contributed by atoms with Gasteiger partial charge in [0.25, 0.3) is 0 Å². The van der Waals surface area contributed by atoms with E-state index in [0.717, 1.165) is 29.6 Å². The summed E-state index contributed by atoms with van der Waals surface area (Å²) in [5.74, 6) is 0.297. The fourth-order valence-corrected chi connectivity index (χ4v) is 3.73. The highest BCUT2D eigenvalue weighted by Gasteiger charge is 2.28. The fraction of sp³-hybridized carbons (Fsp3) is 0.533. The average molecular weight is 313 g/mol. The number of aliphatic hydroxyl groups excluding tert-OH is 1. The van der Waals surface area contributed by atoms with E-state index < -0.39 is 6.10 Å². The van der Waals surface area contributed by atoms with Crippen molar-refractivity contribution in [3.05, 3.63) is 33.8 Å². The van der Waals surface area contributed by atoms with Gasteiger partial charge in [0, 0.05) is 0 Å². The van der Waals surface area contributed by atoms with Crippen LogP contribution < -0.4 is 0 Å². The minimum Gasteiger partial charge on any atom is -0.387 e. The molecule has 0 radical (unpaired) electrons. The van der Waals surface area contributed by atoms with Gasteiger partial charge >= 0.3 is 0 Å². The monoisotopic (exact) mass is 312 g/mol. The normalized spacial score (nSPS) is 18.6. The topological polar surface area (TPSA) is 37.5 Å². The second-order valence-electron chi connectivity index (χ2n) is 5.63. The molecule has 20 heavy (non-hydrogen) atoms. The largest absolute Gasteiger partial charge is 0.387 e. The van der Waals surface area contributed by atoms with Gasteiger partial charge in [-0.25, -0.2) is 4.98 Å². The number of fused-ring (bicyclic) bond motifs is 1. The Morgan fingerprint density at radius 3 is 2.65 bits per heavy atom. The first kappa shape index (κ1) is 14.2. The van der Waals surface area contributed by atoms with E-state index in [2.05, 4.69) is 4.98 Å². The summed E-state index contributed by atoms with van der Waals surface area (Å²) in [6, 6.07) is 0. The molecule has 5 heteroatoms. The molecule has 1 saturated carbocycles. The molecule has 2 aromatic heterocycles. The van der Waals surface area contributed by atoms with Crippen molar-refractivity contribution < 1.29 is 5.11 Å². The number of aliphatic hydroxyl groups is 1. The molecule has 0 aromatic carbocycles. The highest BCUT2D eigenvalue weighted by atomic mass is 35.5. The second kappa shape index (κ2) is 5.55. The number of hydrogen-bond donors (Lipinski definition) is 1. The van der Waals surface area contributed by atoms with Crippen LogP contribution in [0.25, 0.3) is 5.52 Å². The molecule has 1 unspecified atom stereocenters. The zero-order chi connectivity index (χ0) is 14.3. The van der Waals surface area contributed by atoms with E-state index >= 15 is 0 Å². The molecular weight excluding hydrogens is 295 g/mol. The van der Waals surface area contributed by atoms with E-state index in [1.165, 1.54) is 19.3 Å². The van der Waals surface area contributed by atoms with Gasteiger partial charge in [0.2, 0.25) is 0 Å². The summed E-state index contributed by atoms with van der Waals surface area (Å²) in [7, 11) is 0. The Bertz CT molecular complexity index is 632. The van der Waals surface area contributed by atoms with E-state index in [0.29, 0.717) is 16.0 Å². The first-order valence-electron chi connectivity index (χ1n) is 7.09. The van der Waals surface area contributed by atoms with Gasteiger partial charge in [0.15, 0.2) is 0 Å². The summed E-state index contributed by atoms with van der Waals surface area (Å²) in [6.45, 7) is 1.91. The maximum Gasteiger partial charge on any atom is 0.0995 e. The van der Waals surface area contributed by atoms with Crippen LogP contribution in [0.3, 0.4) is 0 Å². The Labute approximate surface area is 128 Å². The third kappa shape index (κ3) is 2.22. The lowest BCUT2D eigenvalue weighted by Crippen LogP contribution is -2.19. The fourth-order valence-electron chi connectivity index (χ4n) is 3.26. The van der Waals surface area contributed by atoms with Crippen molar-refractivity contribution in [1.29, 1.82) is 0 Å². The molecule has 0 aliphatic heterocycles. The van der Waals surface area contributed by atoms with E-state index in [1.807, 2.05) is 11.3 Å². The Morgan fingerprint density at radius 1 is 1.25 bits per heavy atom. The van der Waals surface area contributed by atoms with Gasteiger partial charge in [0.05, 0.1) is 39.9 Å². The summed E-state index contributed by atoms with van der Waals surface area (Å²) in [6.07, 6.45) is 8.65. The number of nitrogens with zero attached hydrogens (tertiary/aromatic N) is 2. The molecule has 1 aliphatic rings. The van der Waals surface area contributed by atoms with Crippen molar-refractivity contribution in [3.63, 3.8) is 0 Å². The zero-order valence-corrected chi connectivity index (χ0v) is 13.0. The summed E-state index contributed by atoms with van der Waals surface area (Å²) in [5, 5.41) is 11.8. The van der Waals surface area contributed by atoms with E-state index in [1.54, 1.807) is 12.5 Å². The lowest BCUT2D eigenvalue weighted by molar-refractivity contribution is 0.0795. The van der Waals surface area contributed by atoms with Crippen molar-refractivity contribution in [2.45, 2.75) is 45.1 Å². The first-order chi connectivity index (χ1) is 9.61. The highest BCUT2D eigenvalue weighted by molar-refractivity contribution is 6.44. The number of pyridine rings is 1. The van der Waals surface area contributed by atoms with Gasteiger partial charge in [-0.05, 0) is 31.2 Å². The number of aromatic nitrogens is 2. The lowest BCUT2D eigenvalue weighted by atomic mass is 9.83. The number of halogens is 2. The molecule has 3 rings (SSSR count). The van der Waals surface area contributed by atoms with Crippen LogP contribution in [0.5, 0.6) is 0 Å². The summed E-state index contributed by atoms with van der Waals surface area (Å²) < 4.78 is 1.88. The molecule has 108 valence electrons. The van der Waals surface area contributed by atoms with E-state index in [9.17, 15) is 5.11 Å². The second-order valence-corrected chi connectivity index (χ2v) is 6.39. The molecule has 2 heterocycles. The standard InChI is InChI=1S/C15H18Cl2N2O/c1-9-12(16)13(17)11-7-18-8-19(11)14(9)15(20)10-5-3-2-4-6-10/h7-8,10,15,20H,2-6H2,1H3. The van der Waals surface area contributed by atoms with E-state index in [-0.39, 0.29) is 0 Å². The van der Waals surface area contributed by atoms with Crippen LogP contribution in [0.4, 0.5) is 0 Å². The minimum atomic E-state index is -0.512. The summed E-state index contributed by atoms with van der Waals surface area (Å²) in [5.41, 5.74) is 2.44. The van der Waals surface area contributed by atoms with Crippen LogP contribution in [-0.2, 0) is 0 Å². The van der Waals surface area contributed by atoms with Crippen molar-refractivity contribution in [2.24, 2.45) is 5.92 Å². The van der Waals surface area contributed by atoms with Gasteiger partial charge < -0.3 is 5.11 Å². The number of rotatable bonds is 2. The number of imidazole rings is 1. The molecule has 0 saturated heterocycles. The van der Waals surface area contributed by atoms with Crippen LogP contribution in [-0.4, -0.2) is 14.5 Å². The minimum absolute atomic E-state index is 0.297.